The van der Waals surface area contributed by atoms with E-state index in [4.69, 9.17) is 9.47 Å². The molecule has 0 unspecified atom stereocenters. The van der Waals surface area contributed by atoms with Crippen LogP contribution in [-0.2, 0) is 16.0 Å². The lowest BCUT2D eigenvalue weighted by atomic mass is 9.81. The minimum absolute atomic E-state index is 0.0406. The number of fused-ring (bicyclic) bond motifs is 1. The average Bonchev–Trinajstić information content (AvgIpc) is 2.72. The van der Waals surface area contributed by atoms with Crippen LogP contribution in [0.25, 0.3) is 10.9 Å². The lowest BCUT2D eigenvalue weighted by molar-refractivity contribution is -0.145. The second-order valence-corrected chi connectivity index (χ2v) is 9.17. The van der Waals surface area contributed by atoms with Crippen LogP contribution in [0.15, 0.2) is 30.5 Å². The summed E-state index contributed by atoms with van der Waals surface area (Å²) < 4.78 is 10.8. The van der Waals surface area contributed by atoms with Gasteiger partial charge in [0, 0.05) is 24.7 Å². The van der Waals surface area contributed by atoms with E-state index in [0.29, 0.717) is 13.0 Å². The maximum Gasteiger partial charge on any atom is 0.410 e. The van der Waals surface area contributed by atoms with E-state index in [-0.39, 0.29) is 12.5 Å². The average molecular weight is 429 g/mol. The van der Waals surface area contributed by atoms with E-state index in [0.717, 1.165) is 35.9 Å². The summed E-state index contributed by atoms with van der Waals surface area (Å²) in [5, 5.41) is 10.8. The number of likely N-dealkylation sites (tertiary alicyclic amines) is 1. The predicted molar refractivity (Wildman–Crippen MR) is 118 cm³/mol. The summed E-state index contributed by atoms with van der Waals surface area (Å²) in [5.74, 6) is -0.589. The molecule has 1 aliphatic heterocycles. The molecule has 3 rings (SSSR count). The van der Waals surface area contributed by atoms with Gasteiger partial charge in [-0.1, -0.05) is 0 Å². The number of aryl methyl sites for hydroxylation is 1. The van der Waals surface area contributed by atoms with E-state index in [9.17, 15) is 14.7 Å². The van der Waals surface area contributed by atoms with E-state index in [1.807, 2.05) is 51.2 Å². The smallest absolute Gasteiger partial charge is 0.410 e. The molecule has 1 aromatic heterocycles. The molecule has 0 bridgehead atoms. The molecule has 1 aliphatic rings. The number of carboxylic acid groups (broad SMARTS) is 1. The molecule has 0 radical (unpaired) electrons. The van der Waals surface area contributed by atoms with Crippen molar-refractivity contribution in [3.63, 3.8) is 0 Å². The molecule has 7 nitrogen and oxygen atoms in total. The third-order valence-corrected chi connectivity index (χ3v) is 5.78. The van der Waals surface area contributed by atoms with Gasteiger partial charge in [-0.05, 0) is 82.2 Å². The van der Waals surface area contributed by atoms with Gasteiger partial charge in [-0.25, -0.2) is 4.79 Å². The van der Waals surface area contributed by atoms with Crippen LogP contribution in [-0.4, -0.2) is 52.9 Å². The summed E-state index contributed by atoms with van der Waals surface area (Å²) in [6.07, 6.45) is 4.55. The molecule has 1 aromatic carbocycles. The van der Waals surface area contributed by atoms with Crippen LogP contribution >= 0.6 is 0 Å². The van der Waals surface area contributed by atoms with Crippen molar-refractivity contribution in [2.45, 2.75) is 52.1 Å². The first-order valence-electron chi connectivity index (χ1n) is 10.8. The van der Waals surface area contributed by atoms with E-state index in [1.54, 1.807) is 7.11 Å². The number of ether oxygens (including phenoxy) is 2. The van der Waals surface area contributed by atoms with Crippen LogP contribution in [0.2, 0.25) is 0 Å². The van der Waals surface area contributed by atoms with E-state index in [2.05, 4.69) is 4.98 Å². The summed E-state index contributed by atoms with van der Waals surface area (Å²) >= 11 is 0. The van der Waals surface area contributed by atoms with Crippen molar-refractivity contribution in [2.24, 2.45) is 11.8 Å². The summed E-state index contributed by atoms with van der Waals surface area (Å²) in [6.45, 7) is 6.16. The van der Waals surface area contributed by atoms with Crippen LogP contribution in [0.1, 0.15) is 45.6 Å². The van der Waals surface area contributed by atoms with Crippen LogP contribution < -0.4 is 4.74 Å². The summed E-state index contributed by atoms with van der Waals surface area (Å²) in [5.41, 5.74) is 1.51. The van der Waals surface area contributed by atoms with Gasteiger partial charge in [-0.15, -0.1) is 0 Å². The SMILES string of the molecule is COc1ccc2nccc(CCC[C@@H]3CCN(C(=O)OC(C)(C)C)C[C@@H]3C(=O)O)c2c1. The number of carboxylic acids is 1. The number of piperidine rings is 1. The molecule has 31 heavy (non-hydrogen) atoms. The van der Waals surface area contributed by atoms with Crippen molar-refractivity contribution in [3.8, 4) is 5.75 Å². The number of aromatic nitrogens is 1. The Hall–Kier alpha value is -2.83. The summed E-state index contributed by atoms with van der Waals surface area (Å²) in [6, 6.07) is 7.86. The van der Waals surface area contributed by atoms with E-state index >= 15 is 0 Å². The molecule has 0 aliphatic carbocycles. The van der Waals surface area contributed by atoms with Gasteiger partial charge < -0.3 is 19.5 Å². The van der Waals surface area contributed by atoms with Crippen molar-refractivity contribution >= 4 is 23.0 Å². The molecule has 0 spiro atoms. The van der Waals surface area contributed by atoms with Gasteiger partial charge in [0.1, 0.15) is 11.4 Å². The van der Waals surface area contributed by atoms with Gasteiger partial charge in [-0.2, -0.15) is 0 Å². The first-order valence-corrected chi connectivity index (χ1v) is 10.8. The van der Waals surface area contributed by atoms with E-state index in [1.165, 1.54) is 10.5 Å². The maximum atomic E-state index is 12.4. The van der Waals surface area contributed by atoms with Gasteiger partial charge in [0.05, 0.1) is 18.5 Å². The van der Waals surface area contributed by atoms with Crippen LogP contribution in [0.3, 0.4) is 0 Å². The van der Waals surface area contributed by atoms with Crippen molar-refractivity contribution in [2.75, 3.05) is 20.2 Å². The van der Waals surface area contributed by atoms with Crippen LogP contribution in [0.5, 0.6) is 5.75 Å². The Balaban J connectivity index is 1.62. The van der Waals surface area contributed by atoms with Crippen molar-refractivity contribution < 1.29 is 24.2 Å². The minimum Gasteiger partial charge on any atom is -0.497 e. The first-order chi connectivity index (χ1) is 14.7. The molecule has 2 heterocycles. The highest BCUT2D eigenvalue weighted by Gasteiger charge is 2.37. The number of pyridine rings is 1. The van der Waals surface area contributed by atoms with Crippen LogP contribution in [0.4, 0.5) is 4.79 Å². The summed E-state index contributed by atoms with van der Waals surface area (Å²) in [7, 11) is 1.65. The molecular formula is C24H32N2O5. The van der Waals surface area contributed by atoms with Gasteiger partial charge in [0.15, 0.2) is 0 Å². The zero-order valence-corrected chi connectivity index (χ0v) is 18.8. The highest BCUT2D eigenvalue weighted by molar-refractivity contribution is 5.83. The number of rotatable bonds is 6. The van der Waals surface area contributed by atoms with Crippen molar-refractivity contribution in [3.05, 3.63) is 36.0 Å². The first kappa shape index (κ1) is 22.8. The maximum absolute atomic E-state index is 12.4. The second kappa shape index (κ2) is 9.54. The number of benzene rings is 1. The Morgan fingerprint density at radius 1 is 1.26 bits per heavy atom. The number of hydrogen-bond acceptors (Lipinski definition) is 5. The zero-order valence-electron chi connectivity index (χ0n) is 18.8. The quantitative estimate of drug-likeness (QED) is 0.727. The number of aliphatic carboxylic acids is 1. The largest absolute Gasteiger partial charge is 0.497 e. The van der Waals surface area contributed by atoms with Crippen molar-refractivity contribution in [1.82, 2.24) is 9.88 Å². The Morgan fingerprint density at radius 2 is 2.03 bits per heavy atom. The Labute approximate surface area is 183 Å². The molecule has 168 valence electrons. The van der Waals surface area contributed by atoms with E-state index < -0.39 is 23.6 Å². The second-order valence-electron chi connectivity index (χ2n) is 9.17. The summed E-state index contributed by atoms with van der Waals surface area (Å²) in [4.78, 5) is 30.2. The molecule has 1 saturated heterocycles. The predicted octanol–water partition coefficient (Wildman–Crippen LogP) is 4.52. The Kier molecular flexibility index (Phi) is 7.03. The lowest BCUT2D eigenvalue weighted by Gasteiger charge is -2.37. The number of carbonyl (C=O) groups is 2. The molecular weight excluding hydrogens is 396 g/mol. The lowest BCUT2D eigenvalue weighted by Crippen LogP contribution is -2.48. The number of nitrogens with zero attached hydrogens (tertiary/aromatic N) is 2. The molecule has 1 N–H and O–H groups in total. The van der Waals surface area contributed by atoms with Gasteiger partial charge in [-0.3, -0.25) is 9.78 Å². The fourth-order valence-corrected chi connectivity index (χ4v) is 4.20. The molecule has 1 amide bonds. The zero-order chi connectivity index (χ0) is 22.6. The molecule has 1 fully saturated rings. The fraction of sp³-hybridized carbons (Fsp3) is 0.542. The molecule has 2 atom stereocenters. The Morgan fingerprint density at radius 3 is 2.71 bits per heavy atom. The molecule has 0 saturated carbocycles. The molecule has 7 heteroatoms. The normalized spacial score (nSPS) is 19.3. The number of carbonyl (C=O) groups excluding carboxylic acids is 1. The van der Waals surface area contributed by atoms with Gasteiger partial charge >= 0.3 is 12.1 Å². The number of amides is 1. The monoisotopic (exact) mass is 428 g/mol. The Bertz CT molecular complexity index is 937. The number of hydrogen-bond donors (Lipinski definition) is 1. The topological polar surface area (TPSA) is 89.0 Å². The van der Waals surface area contributed by atoms with Crippen LogP contribution in [0, 0.1) is 11.8 Å². The standard InChI is InChI=1S/C24H32N2O5/c1-24(2,3)31-23(29)26-13-11-17(20(15-26)22(27)28)7-5-6-16-10-12-25-21-9-8-18(30-4)14-19(16)21/h8-10,12,14,17,20H,5-7,11,13,15H2,1-4H3,(H,27,28)/t17-,20+/m1/s1. The third-order valence-electron chi connectivity index (χ3n) is 5.78. The minimum atomic E-state index is -0.850. The molecule has 2 aromatic rings. The van der Waals surface area contributed by atoms with Gasteiger partial charge in [0.2, 0.25) is 0 Å². The van der Waals surface area contributed by atoms with Crippen molar-refractivity contribution in [1.29, 1.82) is 0 Å². The third kappa shape index (κ3) is 5.87. The highest BCUT2D eigenvalue weighted by Crippen LogP contribution is 2.30. The van der Waals surface area contributed by atoms with Gasteiger partial charge in [0.25, 0.3) is 0 Å². The number of methoxy groups -OCH3 is 1. The fourth-order valence-electron chi connectivity index (χ4n) is 4.20. The highest BCUT2D eigenvalue weighted by atomic mass is 16.6.